The summed E-state index contributed by atoms with van der Waals surface area (Å²) in [5.41, 5.74) is 0.345. The van der Waals surface area contributed by atoms with Gasteiger partial charge in [-0.3, -0.25) is 28.9 Å². The van der Waals surface area contributed by atoms with Gasteiger partial charge in [0.15, 0.2) is 0 Å². The van der Waals surface area contributed by atoms with E-state index in [2.05, 4.69) is 29.8 Å². The highest BCUT2D eigenvalue weighted by molar-refractivity contribution is 6.12. The van der Waals surface area contributed by atoms with Gasteiger partial charge in [-0.15, -0.1) is 0 Å². The molecule has 0 fully saturated rings. The first kappa shape index (κ1) is 31.7. The number of hydrogen-bond acceptors (Lipinski definition) is 5. The molecule has 0 saturated carbocycles. The third kappa shape index (κ3) is 8.76. The molecule has 0 radical (unpaired) electrons. The van der Waals surface area contributed by atoms with E-state index in [1.165, 1.54) is 17.1 Å². The van der Waals surface area contributed by atoms with Crippen molar-refractivity contribution in [1.82, 2.24) is 15.5 Å². The summed E-state index contributed by atoms with van der Waals surface area (Å²) in [6, 6.07) is 5.88. The van der Waals surface area contributed by atoms with Gasteiger partial charge in [0.2, 0.25) is 17.7 Å². The minimum Gasteiger partial charge on any atom is -0.344 e. The van der Waals surface area contributed by atoms with Gasteiger partial charge in [0.25, 0.3) is 11.8 Å². The number of nitrogens with zero attached hydrogens (tertiary/aromatic N) is 1. The van der Waals surface area contributed by atoms with E-state index in [1.54, 1.807) is 20.8 Å². The first-order valence-corrected chi connectivity index (χ1v) is 13.5. The zero-order chi connectivity index (χ0) is 29.7. The Balaban J connectivity index is 2.00. The van der Waals surface area contributed by atoms with Crippen LogP contribution >= 0.6 is 0 Å². The molecule has 0 aliphatic carbocycles. The maximum absolute atomic E-state index is 13.3. The van der Waals surface area contributed by atoms with Gasteiger partial charge in [0, 0.05) is 29.8 Å². The van der Waals surface area contributed by atoms with Crippen LogP contribution in [0.3, 0.4) is 0 Å². The highest BCUT2D eigenvalue weighted by atomic mass is 16.2. The van der Waals surface area contributed by atoms with Gasteiger partial charge in [-0.25, -0.2) is 0 Å². The van der Waals surface area contributed by atoms with Crippen molar-refractivity contribution in [3.63, 3.8) is 0 Å². The van der Waals surface area contributed by atoms with Crippen LogP contribution < -0.4 is 16.0 Å². The Morgan fingerprint density at radius 1 is 0.821 bits per heavy atom. The molecule has 1 aromatic rings. The molecule has 3 N–H and O–H groups in total. The number of carbonyl (C=O) groups is 5. The van der Waals surface area contributed by atoms with Crippen LogP contribution in [-0.4, -0.2) is 53.1 Å². The number of rotatable bonds is 12. The fourth-order valence-electron chi connectivity index (χ4n) is 4.79. The third-order valence-electron chi connectivity index (χ3n) is 6.85. The number of hydrogen-bond donors (Lipinski definition) is 3. The summed E-state index contributed by atoms with van der Waals surface area (Å²) in [6.45, 7) is 16.9. The molecule has 0 saturated heterocycles. The predicted molar refractivity (Wildman–Crippen MR) is 152 cm³/mol. The van der Waals surface area contributed by atoms with Crippen LogP contribution in [0.2, 0.25) is 0 Å². The van der Waals surface area contributed by atoms with Crippen LogP contribution in [0.25, 0.3) is 0 Å². The summed E-state index contributed by atoms with van der Waals surface area (Å²) in [4.78, 5) is 64.3. The van der Waals surface area contributed by atoms with E-state index < -0.39 is 28.8 Å². The molecular formula is C30H44N4O5. The van der Waals surface area contributed by atoms with E-state index in [-0.39, 0.29) is 36.1 Å². The monoisotopic (exact) mass is 540 g/mol. The molecule has 9 heteroatoms. The van der Waals surface area contributed by atoms with E-state index >= 15 is 0 Å². The topological polar surface area (TPSA) is 125 Å². The first-order valence-electron chi connectivity index (χ1n) is 13.5. The van der Waals surface area contributed by atoms with Crippen LogP contribution in [0.5, 0.6) is 0 Å². The van der Waals surface area contributed by atoms with Crippen molar-refractivity contribution in [1.29, 1.82) is 0 Å². The molecule has 2 atom stereocenters. The molecule has 9 nitrogen and oxygen atoms in total. The fraction of sp³-hybridized carbons (Fsp3) is 0.567. The standard InChI is InChI=1S/C30H44N4O5/c1-18(2)21-10-12-22(13-11-21)32-26(37)20(5)31-27(38)25(19(3)4)33-28(39)30(8,9)16-29(6,7)17-34-23(35)14-15-24(34)36/h10-15,18-20,25H,16-17H2,1-9H3,(H,31,38)(H,32,37)(H,33,39)/t20-,25-/m0/s1. The Kier molecular flexibility index (Phi) is 10.2. The first-order chi connectivity index (χ1) is 17.9. The quantitative estimate of drug-likeness (QED) is 0.348. The normalized spacial score (nSPS) is 15.5. The predicted octanol–water partition coefficient (Wildman–Crippen LogP) is 3.76. The lowest BCUT2D eigenvalue weighted by Gasteiger charge is -2.37. The maximum Gasteiger partial charge on any atom is 0.253 e. The second-order valence-corrected chi connectivity index (χ2v) is 12.5. The van der Waals surface area contributed by atoms with Crippen molar-refractivity contribution in [3.05, 3.63) is 42.0 Å². The molecule has 1 heterocycles. The van der Waals surface area contributed by atoms with E-state index in [0.29, 0.717) is 18.0 Å². The fourth-order valence-corrected chi connectivity index (χ4v) is 4.79. The summed E-state index contributed by atoms with van der Waals surface area (Å²) in [5.74, 6) is -1.73. The molecule has 2 rings (SSSR count). The number of anilines is 1. The Labute approximate surface area is 232 Å². The van der Waals surface area contributed by atoms with Gasteiger partial charge in [-0.1, -0.05) is 67.5 Å². The molecule has 0 aromatic heterocycles. The Morgan fingerprint density at radius 3 is 1.85 bits per heavy atom. The molecular weight excluding hydrogens is 496 g/mol. The Hall–Kier alpha value is -3.49. The lowest BCUT2D eigenvalue weighted by atomic mass is 9.74. The number of nitrogens with one attached hydrogen (secondary N) is 3. The highest BCUT2D eigenvalue weighted by Crippen LogP contribution is 2.35. The second-order valence-electron chi connectivity index (χ2n) is 12.5. The SMILES string of the molecule is CC(C)c1ccc(NC(=O)[C@H](C)NC(=O)[C@@H](NC(=O)C(C)(C)CC(C)(C)CN2C(=O)C=CC2=O)C(C)C)cc1. The molecule has 1 aliphatic heterocycles. The maximum atomic E-state index is 13.3. The van der Waals surface area contributed by atoms with Gasteiger partial charge < -0.3 is 16.0 Å². The lowest BCUT2D eigenvalue weighted by Crippen LogP contribution is -2.56. The van der Waals surface area contributed by atoms with Gasteiger partial charge in [0.05, 0.1) is 0 Å². The summed E-state index contributed by atoms with van der Waals surface area (Å²) >= 11 is 0. The number of amides is 5. The smallest absolute Gasteiger partial charge is 0.253 e. The van der Waals surface area contributed by atoms with Gasteiger partial charge in [0.1, 0.15) is 12.1 Å². The lowest BCUT2D eigenvalue weighted by molar-refractivity contribution is -0.140. The van der Waals surface area contributed by atoms with E-state index in [4.69, 9.17) is 0 Å². The molecule has 1 aromatic carbocycles. The minimum absolute atomic E-state index is 0.176. The van der Waals surface area contributed by atoms with Gasteiger partial charge in [-0.2, -0.15) is 0 Å². The molecule has 0 bridgehead atoms. The molecule has 0 unspecified atom stereocenters. The van der Waals surface area contributed by atoms with Crippen molar-refractivity contribution in [2.45, 2.75) is 86.7 Å². The number of benzene rings is 1. The zero-order valence-corrected chi connectivity index (χ0v) is 24.7. The zero-order valence-electron chi connectivity index (χ0n) is 24.7. The summed E-state index contributed by atoms with van der Waals surface area (Å²) < 4.78 is 0. The van der Waals surface area contributed by atoms with Gasteiger partial charge >= 0.3 is 0 Å². The van der Waals surface area contributed by atoms with Gasteiger partial charge in [-0.05, 0) is 48.3 Å². The Morgan fingerprint density at radius 2 is 1.36 bits per heavy atom. The van der Waals surface area contributed by atoms with Crippen LogP contribution in [0.15, 0.2) is 36.4 Å². The van der Waals surface area contributed by atoms with Crippen LogP contribution in [-0.2, 0) is 24.0 Å². The van der Waals surface area contributed by atoms with E-state index in [9.17, 15) is 24.0 Å². The molecule has 214 valence electrons. The average molecular weight is 541 g/mol. The van der Waals surface area contributed by atoms with Crippen molar-refractivity contribution in [2.75, 3.05) is 11.9 Å². The molecule has 39 heavy (non-hydrogen) atoms. The van der Waals surface area contributed by atoms with E-state index in [0.717, 1.165) is 5.56 Å². The second kappa shape index (κ2) is 12.6. The van der Waals surface area contributed by atoms with E-state index in [1.807, 2.05) is 52.0 Å². The molecule has 1 aliphatic rings. The van der Waals surface area contributed by atoms with Crippen molar-refractivity contribution >= 4 is 35.2 Å². The summed E-state index contributed by atoms with van der Waals surface area (Å²) in [7, 11) is 0. The minimum atomic E-state index is -0.901. The van der Waals surface area contributed by atoms with Crippen LogP contribution in [0.4, 0.5) is 5.69 Å². The molecule has 5 amide bonds. The number of carbonyl (C=O) groups excluding carboxylic acids is 5. The van der Waals surface area contributed by atoms with Crippen molar-refractivity contribution in [3.8, 4) is 0 Å². The third-order valence-corrected chi connectivity index (χ3v) is 6.85. The average Bonchev–Trinajstić information content (AvgIpc) is 3.13. The summed E-state index contributed by atoms with van der Waals surface area (Å²) in [6.07, 6.45) is 2.85. The van der Waals surface area contributed by atoms with Crippen molar-refractivity contribution in [2.24, 2.45) is 16.7 Å². The van der Waals surface area contributed by atoms with Crippen LogP contribution in [0, 0.1) is 16.7 Å². The molecule has 0 spiro atoms. The van der Waals surface area contributed by atoms with Crippen LogP contribution in [0.1, 0.15) is 80.2 Å². The number of imide groups is 1. The Bertz CT molecular complexity index is 1100. The van der Waals surface area contributed by atoms with Crippen molar-refractivity contribution < 1.29 is 24.0 Å². The largest absolute Gasteiger partial charge is 0.344 e. The highest BCUT2D eigenvalue weighted by Gasteiger charge is 2.40. The summed E-state index contributed by atoms with van der Waals surface area (Å²) in [5, 5.41) is 8.39.